The number of unbranched alkanes of at least 4 members (excludes halogenated alkanes) is 1. The molecule has 0 unspecified atom stereocenters. The number of halogens is 2. The topological polar surface area (TPSA) is 32.3 Å². The fourth-order valence-corrected chi connectivity index (χ4v) is 3.04. The molecule has 1 N–H and O–H groups in total. The molecule has 1 aromatic carbocycles. The molecule has 116 valence electrons. The van der Waals surface area contributed by atoms with E-state index in [1.54, 1.807) is 6.07 Å². The molecule has 1 aliphatic heterocycles. The van der Waals surface area contributed by atoms with E-state index in [2.05, 4.69) is 33.1 Å². The lowest BCUT2D eigenvalue weighted by atomic mass is 10.0. The standard InChI is InChI=1S/C16H22BrFN2O/c1-2-3-8-20-9-6-13(7-10-20)19-16(21)14-11-12(18)4-5-15(14)17/h4-5,11,13H,2-3,6-10H2,1H3,(H,19,21). The van der Waals surface area contributed by atoms with Gasteiger partial charge in [-0.3, -0.25) is 4.79 Å². The van der Waals surface area contributed by atoms with Gasteiger partial charge in [0, 0.05) is 23.6 Å². The average molecular weight is 357 g/mol. The number of carbonyl (C=O) groups excluding carboxylic acids is 1. The van der Waals surface area contributed by atoms with E-state index in [0.717, 1.165) is 32.5 Å². The van der Waals surface area contributed by atoms with E-state index in [1.807, 2.05) is 0 Å². The van der Waals surface area contributed by atoms with Gasteiger partial charge in [-0.25, -0.2) is 4.39 Å². The van der Waals surface area contributed by atoms with Crippen molar-refractivity contribution in [3.05, 3.63) is 34.1 Å². The first-order chi connectivity index (χ1) is 10.1. The van der Waals surface area contributed by atoms with Crippen LogP contribution in [-0.4, -0.2) is 36.5 Å². The Morgan fingerprint density at radius 3 is 2.81 bits per heavy atom. The zero-order valence-corrected chi connectivity index (χ0v) is 14.0. The van der Waals surface area contributed by atoms with Crippen molar-refractivity contribution >= 4 is 21.8 Å². The Kier molecular flexibility index (Phi) is 6.18. The minimum absolute atomic E-state index is 0.186. The average Bonchev–Trinajstić information content (AvgIpc) is 2.49. The molecule has 1 aromatic rings. The van der Waals surface area contributed by atoms with E-state index in [9.17, 15) is 9.18 Å². The molecular formula is C16H22BrFN2O. The van der Waals surface area contributed by atoms with Crippen molar-refractivity contribution in [2.45, 2.75) is 38.6 Å². The van der Waals surface area contributed by atoms with Gasteiger partial charge < -0.3 is 10.2 Å². The van der Waals surface area contributed by atoms with Crippen LogP contribution in [0.15, 0.2) is 22.7 Å². The number of amides is 1. The molecule has 0 radical (unpaired) electrons. The number of piperidine rings is 1. The van der Waals surface area contributed by atoms with Gasteiger partial charge in [-0.05, 0) is 59.9 Å². The fraction of sp³-hybridized carbons (Fsp3) is 0.562. The first-order valence-electron chi connectivity index (χ1n) is 7.58. The minimum atomic E-state index is -0.391. The largest absolute Gasteiger partial charge is 0.349 e. The van der Waals surface area contributed by atoms with Crippen LogP contribution < -0.4 is 5.32 Å². The van der Waals surface area contributed by atoms with Gasteiger partial charge in [0.05, 0.1) is 5.56 Å². The van der Waals surface area contributed by atoms with Crippen LogP contribution in [0.5, 0.6) is 0 Å². The minimum Gasteiger partial charge on any atom is -0.349 e. The molecule has 0 bridgehead atoms. The molecule has 0 spiro atoms. The predicted molar refractivity (Wildman–Crippen MR) is 85.9 cm³/mol. The highest BCUT2D eigenvalue weighted by Crippen LogP contribution is 2.19. The third-order valence-electron chi connectivity index (χ3n) is 3.92. The van der Waals surface area contributed by atoms with Gasteiger partial charge in [-0.15, -0.1) is 0 Å². The number of rotatable bonds is 5. The first kappa shape index (κ1) is 16.4. The molecule has 1 heterocycles. The monoisotopic (exact) mass is 356 g/mol. The van der Waals surface area contributed by atoms with E-state index >= 15 is 0 Å². The second kappa shape index (κ2) is 7.90. The van der Waals surface area contributed by atoms with Crippen molar-refractivity contribution in [2.24, 2.45) is 0 Å². The van der Waals surface area contributed by atoms with Crippen molar-refractivity contribution in [3.8, 4) is 0 Å². The quantitative estimate of drug-likeness (QED) is 0.874. The molecule has 3 nitrogen and oxygen atoms in total. The third kappa shape index (κ3) is 4.78. The highest BCUT2D eigenvalue weighted by molar-refractivity contribution is 9.10. The van der Waals surface area contributed by atoms with Gasteiger partial charge >= 0.3 is 0 Å². The summed E-state index contributed by atoms with van der Waals surface area (Å²) in [5, 5.41) is 3.02. The molecule has 0 atom stereocenters. The van der Waals surface area contributed by atoms with Crippen LogP contribution in [0.2, 0.25) is 0 Å². The smallest absolute Gasteiger partial charge is 0.252 e. The zero-order valence-electron chi connectivity index (χ0n) is 12.4. The van der Waals surface area contributed by atoms with E-state index in [0.29, 0.717) is 10.0 Å². The number of benzene rings is 1. The summed E-state index contributed by atoms with van der Waals surface area (Å²) in [4.78, 5) is 14.7. The highest BCUT2D eigenvalue weighted by atomic mass is 79.9. The lowest BCUT2D eigenvalue weighted by Crippen LogP contribution is -2.44. The van der Waals surface area contributed by atoms with Crippen molar-refractivity contribution in [1.29, 1.82) is 0 Å². The molecule has 2 rings (SSSR count). The van der Waals surface area contributed by atoms with E-state index < -0.39 is 5.82 Å². The maximum Gasteiger partial charge on any atom is 0.252 e. The van der Waals surface area contributed by atoms with Crippen molar-refractivity contribution < 1.29 is 9.18 Å². The van der Waals surface area contributed by atoms with Crippen LogP contribution in [0.3, 0.4) is 0 Å². The summed E-state index contributed by atoms with van der Waals surface area (Å²) < 4.78 is 13.9. The molecule has 1 fully saturated rings. The highest BCUT2D eigenvalue weighted by Gasteiger charge is 2.21. The van der Waals surface area contributed by atoms with Gasteiger partial charge in [0.2, 0.25) is 0 Å². The predicted octanol–water partition coefficient (Wildman–Crippen LogP) is 3.58. The lowest BCUT2D eigenvalue weighted by Gasteiger charge is -2.32. The molecule has 21 heavy (non-hydrogen) atoms. The first-order valence-corrected chi connectivity index (χ1v) is 8.37. The third-order valence-corrected chi connectivity index (χ3v) is 4.62. The molecule has 1 aliphatic rings. The Balaban J connectivity index is 1.85. The van der Waals surface area contributed by atoms with Gasteiger partial charge in [-0.2, -0.15) is 0 Å². The van der Waals surface area contributed by atoms with Crippen LogP contribution in [0.1, 0.15) is 43.0 Å². The Hall–Kier alpha value is -0.940. The van der Waals surface area contributed by atoms with Crippen LogP contribution in [0.25, 0.3) is 0 Å². The van der Waals surface area contributed by atoms with Gasteiger partial charge in [0.25, 0.3) is 5.91 Å². The second-order valence-electron chi connectivity index (χ2n) is 5.57. The number of nitrogens with one attached hydrogen (secondary N) is 1. The zero-order chi connectivity index (χ0) is 15.2. The molecular weight excluding hydrogens is 335 g/mol. The summed E-state index contributed by atoms with van der Waals surface area (Å²) in [6, 6.07) is 4.37. The molecule has 0 saturated carbocycles. The number of nitrogens with zero attached hydrogens (tertiary/aromatic N) is 1. The molecule has 5 heteroatoms. The summed E-state index contributed by atoms with van der Waals surface area (Å²) in [6.45, 7) is 5.39. The van der Waals surface area contributed by atoms with Crippen LogP contribution in [0, 0.1) is 5.82 Å². The lowest BCUT2D eigenvalue weighted by molar-refractivity contribution is 0.0909. The Morgan fingerprint density at radius 1 is 1.43 bits per heavy atom. The van der Waals surface area contributed by atoms with E-state index in [-0.39, 0.29) is 11.9 Å². The molecule has 1 saturated heterocycles. The SMILES string of the molecule is CCCCN1CCC(NC(=O)c2cc(F)ccc2Br)CC1. The maximum absolute atomic E-state index is 13.2. The maximum atomic E-state index is 13.2. The van der Waals surface area contributed by atoms with Gasteiger partial charge in [-0.1, -0.05) is 13.3 Å². The van der Waals surface area contributed by atoms with Crippen molar-refractivity contribution in [2.75, 3.05) is 19.6 Å². The summed E-state index contributed by atoms with van der Waals surface area (Å²) in [6.07, 6.45) is 4.36. The summed E-state index contributed by atoms with van der Waals surface area (Å²) in [7, 11) is 0. The normalized spacial score (nSPS) is 16.9. The Bertz CT molecular complexity index is 487. The van der Waals surface area contributed by atoms with Crippen LogP contribution in [-0.2, 0) is 0 Å². The van der Waals surface area contributed by atoms with Crippen LogP contribution in [0.4, 0.5) is 4.39 Å². The summed E-state index contributed by atoms with van der Waals surface area (Å²) in [5.41, 5.74) is 0.364. The summed E-state index contributed by atoms with van der Waals surface area (Å²) >= 11 is 3.30. The van der Waals surface area contributed by atoms with Crippen molar-refractivity contribution in [3.63, 3.8) is 0 Å². The Morgan fingerprint density at radius 2 is 2.14 bits per heavy atom. The Labute approximate surface area is 134 Å². The van der Waals surface area contributed by atoms with E-state index in [1.165, 1.54) is 25.0 Å². The van der Waals surface area contributed by atoms with Gasteiger partial charge in [0.15, 0.2) is 0 Å². The number of likely N-dealkylation sites (tertiary alicyclic amines) is 1. The van der Waals surface area contributed by atoms with Crippen molar-refractivity contribution in [1.82, 2.24) is 10.2 Å². The number of hydrogen-bond acceptors (Lipinski definition) is 2. The van der Waals surface area contributed by atoms with Crippen LogP contribution >= 0.6 is 15.9 Å². The molecule has 0 aliphatic carbocycles. The van der Waals surface area contributed by atoms with E-state index in [4.69, 9.17) is 0 Å². The fourth-order valence-electron chi connectivity index (χ4n) is 2.62. The number of carbonyl (C=O) groups is 1. The summed E-state index contributed by atoms with van der Waals surface area (Å²) in [5.74, 6) is -0.592. The molecule has 1 amide bonds. The van der Waals surface area contributed by atoms with Gasteiger partial charge in [0.1, 0.15) is 5.82 Å². The molecule has 0 aromatic heterocycles. The number of hydrogen-bond donors (Lipinski definition) is 1. The second-order valence-corrected chi connectivity index (χ2v) is 6.42.